The summed E-state index contributed by atoms with van der Waals surface area (Å²) in [7, 11) is 3.03. The maximum Gasteiger partial charge on any atom is 0.181 e. The largest absolute Gasteiger partial charge is 0.494 e. The first-order valence-electron chi connectivity index (χ1n) is 11.0. The first kappa shape index (κ1) is 23.8. The van der Waals surface area contributed by atoms with Gasteiger partial charge in [0.15, 0.2) is 11.6 Å². The summed E-state index contributed by atoms with van der Waals surface area (Å²) in [5, 5.41) is 4.19. The molecule has 0 atom stereocenters. The number of ketones is 2. The van der Waals surface area contributed by atoms with Crippen LogP contribution >= 0.6 is 0 Å². The standard InChI is InChI=1S/C27H24FN3O4/c1-17-15-19(5-7-20(17)28)27-25(34-2)12-8-21(30-27)24(33)11-10-23(32)18-6-9-22(26(16-18)35-3)31-14-4-13-29-31/h4-9,12-16H,10-11H2,1-3H3. The molecule has 0 aliphatic rings. The van der Waals surface area contributed by atoms with Crippen molar-refractivity contribution in [3.8, 4) is 28.4 Å². The van der Waals surface area contributed by atoms with Crippen LogP contribution in [0.2, 0.25) is 0 Å². The Bertz CT molecular complexity index is 1380. The van der Waals surface area contributed by atoms with E-state index < -0.39 is 0 Å². The molecule has 178 valence electrons. The molecule has 0 bridgehead atoms. The third-order valence-electron chi connectivity index (χ3n) is 5.63. The topological polar surface area (TPSA) is 83.3 Å². The van der Waals surface area contributed by atoms with Crippen LogP contribution in [0, 0.1) is 12.7 Å². The Kier molecular flexibility index (Phi) is 7.01. The summed E-state index contributed by atoms with van der Waals surface area (Å²) in [6.45, 7) is 1.66. The van der Waals surface area contributed by atoms with Crippen LogP contribution in [-0.2, 0) is 0 Å². The molecule has 2 aromatic heterocycles. The van der Waals surface area contributed by atoms with E-state index in [0.717, 1.165) is 0 Å². The van der Waals surface area contributed by atoms with Gasteiger partial charge in [0, 0.05) is 36.4 Å². The van der Waals surface area contributed by atoms with Crippen LogP contribution in [0.5, 0.6) is 11.5 Å². The fourth-order valence-corrected chi connectivity index (χ4v) is 3.72. The van der Waals surface area contributed by atoms with Gasteiger partial charge in [-0.1, -0.05) is 0 Å². The van der Waals surface area contributed by atoms with Gasteiger partial charge in [0.2, 0.25) is 0 Å². The van der Waals surface area contributed by atoms with Crippen molar-refractivity contribution in [1.29, 1.82) is 0 Å². The molecule has 2 heterocycles. The normalized spacial score (nSPS) is 10.7. The van der Waals surface area contributed by atoms with Crippen LogP contribution in [0.25, 0.3) is 16.9 Å². The number of hydrogen-bond acceptors (Lipinski definition) is 6. The number of hydrogen-bond donors (Lipinski definition) is 0. The lowest BCUT2D eigenvalue weighted by Gasteiger charge is -2.11. The number of benzene rings is 2. The van der Waals surface area contributed by atoms with Gasteiger partial charge in [-0.05, 0) is 67.1 Å². The molecule has 0 unspecified atom stereocenters. The predicted octanol–water partition coefficient (Wildman–Crippen LogP) is 5.24. The van der Waals surface area contributed by atoms with Crippen molar-refractivity contribution >= 4 is 11.6 Å². The molecule has 2 aromatic carbocycles. The van der Waals surface area contributed by atoms with Gasteiger partial charge in [0.05, 0.1) is 14.2 Å². The number of ether oxygens (including phenoxy) is 2. The first-order valence-corrected chi connectivity index (χ1v) is 11.0. The van der Waals surface area contributed by atoms with Crippen LogP contribution in [0.4, 0.5) is 4.39 Å². The molecule has 0 amide bonds. The van der Waals surface area contributed by atoms with Gasteiger partial charge in [-0.3, -0.25) is 9.59 Å². The van der Waals surface area contributed by atoms with E-state index in [4.69, 9.17) is 9.47 Å². The van der Waals surface area contributed by atoms with E-state index in [1.54, 1.807) is 72.5 Å². The lowest BCUT2D eigenvalue weighted by molar-refractivity contribution is 0.0915. The number of carbonyl (C=O) groups is 2. The highest BCUT2D eigenvalue weighted by atomic mass is 19.1. The molecule has 8 heteroatoms. The van der Waals surface area contributed by atoms with E-state index in [9.17, 15) is 14.0 Å². The summed E-state index contributed by atoms with van der Waals surface area (Å²) in [6, 6.07) is 14.7. The SMILES string of the molecule is COc1cc(C(=O)CCC(=O)c2ccc(OC)c(-c3ccc(F)c(C)c3)n2)ccc1-n1cccn1. The number of aromatic nitrogens is 3. The van der Waals surface area contributed by atoms with Gasteiger partial charge in [0.25, 0.3) is 0 Å². The second-order valence-corrected chi connectivity index (χ2v) is 7.89. The zero-order chi connectivity index (χ0) is 24.9. The van der Waals surface area contributed by atoms with Gasteiger partial charge in [-0.15, -0.1) is 0 Å². The molecule has 0 fully saturated rings. The van der Waals surface area contributed by atoms with Gasteiger partial charge in [0.1, 0.15) is 34.4 Å². The fourth-order valence-electron chi connectivity index (χ4n) is 3.72. The lowest BCUT2D eigenvalue weighted by Crippen LogP contribution is -2.08. The molecule has 0 saturated carbocycles. The van der Waals surface area contributed by atoms with Crippen molar-refractivity contribution < 1.29 is 23.5 Å². The van der Waals surface area contributed by atoms with Crippen molar-refractivity contribution in [1.82, 2.24) is 14.8 Å². The molecule has 0 radical (unpaired) electrons. The van der Waals surface area contributed by atoms with E-state index >= 15 is 0 Å². The monoisotopic (exact) mass is 473 g/mol. The molecular weight excluding hydrogens is 449 g/mol. The molecule has 0 aliphatic carbocycles. The van der Waals surface area contributed by atoms with E-state index in [0.29, 0.717) is 39.6 Å². The molecule has 0 aliphatic heterocycles. The van der Waals surface area contributed by atoms with E-state index in [1.807, 2.05) is 0 Å². The fraction of sp³-hybridized carbons (Fsp3) is 0.185. The molecule has 0 N–H and O–H groups in total. The molecule has 4 aromatic rings. The highest BCUT2D eigenvalue weighted by Gasteiger charge is 2.17. The van der Waals surface area contributed by atoms with Gasteiger partial charge in [-0.2, -0.15) is 5.10 Å². The summed E-state index contributed by atoms with van der Waals surface area (Å²) < 4.78 is 26.2. The number of carbonyl (C=O) groups excluding carboxylic acids is 2. The summed E-state index contributed by atoms with van der Waals surface area (Å²) >= 11 is 0. The Morgan fingerprint density at radius 1 is 0.943 bits per heavy atom. The predicted molar refractivity (Wildman–Crippen MR) is 129 cm³/mol. The van der Waals surface area contributed by atoms with Crippen molar-refractivity contribution in [3.63, 3.8) is 0 Å². The smallest absolute Gasteiger partial charge is 0.181 e. The maximum atomic E-state index is 13.7. The van der Waals surface area contributed by atoms with Crippen LogP contribution in [0.3, 0.4) is 0 Å². The van der Waals surface area contributed by atoms with E-state index in [1.165, 1.54) is 20.3 Å². The summed E-state index contributed by atoms with van der Waals surface area (Å²) in [4.78, 5) is 30.1. The van der Waals surface area contributed by atoms with Crippen LogP contribution in [0.15, 0.2) is 67.0 Å². The molecule has 0 saturated heterocycles. The highest BCUT2D eigenvalue weighted by Crippen LogP contribution is 2.30. The van der Waals surface area contributed by atoms with E-state index in [2.05, 4.69) is 10.1 Å². The number of rotatable bonds is 9. The first-order chi connectivity index (χ1) is 16.9. The Balaban J connectivity index is 1.50. The Labute approximate surface area is 202 Å². The number of Topliss-reactive ketones (excluding diaryl/α,β-unsaturated/α-hetero) is 2. The Morgan fingerprint density at radius 3 is 2.40 bits per heavy atom. The van der Waals surface area contributed by atoms with Gasteiger partial charge in [-0.25, -0.2) is 14.1 Å². The van der Waals surface area contributed by atoms with Crippen LogP contribution < -0.4 is 9.47 Å². The number of nitrogens with zero attached hydrogens (tertiary/aromatic N) is 3. The molecule has 4 rings (SSSR count). The Morgan fingerprint density at radius 2 is 1.71 bits per heavy atom. The Hall–Kier alpha value is -4.33. The minimum atomic E-state index is -0.326. The quantitative estimate of drug-likeness (QED) is 0.309. The minimum Gasteiger partial charge on any atom is -0.494 e. The zero-order valence-electron chi connectivity index (χ0n) is 19.6. The summed E-state index contributed by atoms with van der Waals surface area (Å²) in [5.41, 5.74) is 2.89. The molecule has 35 heavy (non-hydrogen) atoms. The molecule has 7 nitrogen and oxygen atoms in total. The lowest BCUT2D eigenvalue weighted by atomic mass is 10.0. The van der Waals surface area contributed by atoms with E-state index in [-0.39, 0.29) is 35.9 Å². The minimum absolute atomic E-state index is 0.0106. The second-order valence-electron chi connectivity index (χ2n) is 7.89. The summed E-state index contributed by atoms with van der Waals surface area (Å²) in [5.74, 6) is 0.176. The average Bonchev–Trinajstić information content (AvgIpc) is 3.42. The number of aryl methyl sites for hydroxylation is 1. The zero-order valence-corrected chi connectivity index (χ0v) is 19.6. The third kappa shape index (κ3) is 5.11. The van der Waals surface area contributed by atoms with Crippen molar-refractivity contribution in [2.45, 2.75) is 19.8 Å². The van der Waals surface area contributed by atoms with Gasteiger partial charge < -0.3 is 9.47 Å². The van der Waals surface area contributed by atoms with Crippen molar-refractivity contribution in [2.75, 3.05) is 14.2 Å². The number of pyridine rings is 1. The van der Waals surface area contributed by atoms with Gasteiger partial charge >= 0.3 is 0 Å². The molecule has 0 spiro atoms. The van der Waals surface area contributed by atoms with Crippen LogP contribution in [-0.4, -0.2) is 40.6 Å². The number of halogens is 1. The second kappa shape index (κ2) is 10.3. The summed E-state index contributed by atoms with van der Waals surface area (Å²) in [6.07, 6.45) is 3.44. The third-order valence-corrected chi connectivity index (χ3v) is 5.63. The van der Waals surface area contributed by atoms with Crippen molar-refractivity contribution in [3.05, 3.63) is 89.6 Å². The highest BCUT2D eigenvalue weighted by molar-refractivity contribution is 6.02. The molecular formula is C27H24FN3O4. The van der Waals surface area contributed by atoms with Crippen molar-refractivity contribution in [2.24, 2.45) is 0 Å². The average molecular weight is 474 g/mol. The maximum absolute atomic E-state index is 13.7. The number of methoxy groups -OCH3 is 2. The van der Waals surface area contributed by atoms with Crippen LogP contribution in [0.1, 0.15) is 39.3 Å².